The van der Waals surface area contributed by atoms with E-state index < -0.39 is 23.0 Å². The number of hydrogen-bond acceptors (Lipinski definition) is 3. The van der Waals surface area contributed by atoms with Gasteiger partial charge in [0.1, 0.15) is 5.75 Å². The Labute approximate surface area is 85.0 Å². The van der Waals surface area contributed by atoms with Crippen molar-refractivity contribution in [1.82, 2.24) is 0 Å². The van der Waals surface area contributed by atoms with E-state index in [1.807, 2.05) is 0 Å². The van der Waals surface area contributed by atoms with Gasteiger partial charge in [0.2, 0.25) is 0 Å². The highest BCUT2D eigenvalue weighted by Gasteiger charge is 2.10. The van der Waals surface area contributed by atoms with Gasteiger partial charge in [0, 0.05) is 5.39 Å². The molecule has 0 bridgehead atoms. The predicted octanol–water partition coefficient (Wildman–Crippen LogP) is 1.32. The Hall–Kier alpha value is -2.23. The zero-order valence-electron chi connectivity index (χ0n) is 7.60. The first-order chi connectivity index (χ1) is 7.11. The molecule has 0 heterocycles. The molecule has 4 nitrogen and oxygen atoms in total. The van der Waals surface area contributed by atoms with E-state index in [1.54, 1.807) is 24.3 Å². The lowest BCUT2D eigenvalue weighted by atomic mass is 10.0. The molecule has 76 valence electrons. The Morgan fingerprint density at radius 3 is 2.60 bits per heavy atom. The summed E-state index contributed by atoms with van der Waals surface area (Å²) in [6, 6.07) is 7.85. The molecule has 0 saturated heterocycles. The van der Waals surface area contributed by atoms with Crippen LogP contribution in [0.15, 0.2) is 30.3 Å². The zero-order chi connectivity index (χ0) is 11.0. The summed E-state index contributed by atoms with van der Waals surface area (Å²) >= 11 is 0. The second-order valence-electron chi connectivity index (χ2n) is 3.13. The van der Waals surface area contributed by atoms with Gasteiger partial charge in [-0.3, -0.25) is 0 Å². The van der Waals surface area contributed by atoms with Crippen molar-refractivity contribution in [2.24, 2.45) is 0 Å². The van der Waals surface area contributed by atoms with Crippen LogP contribution in [0.5, 0.6) is 11.5 Å². The van der Waals surface area contributed by atoms with E-state index >= 15 is 0 Å². The number of carboxylic acids is 1. The lowest BCUT2D eigenvalue weighted by Gasteiger charge is -2.14. The van der Waals surface area contributed by atoms with Crippen molar-refractivity contribution in [3.63, 3.8) is 0 Å². The number of aromatic hydroxyl groups is 1. The highest BCUT2D eigenvalue weighted by atomic mass is 16.4. The van der Waals surface area contributed by atoms with Gasteiger partial charge in [-0.25, -0.2) is 4.79 Å². The van der Waals surface area contributed by atoms with Crippen LogP contribution in [0.4, 0.5) is 0 Å². The molecule has 0 spiro atoms. The molecule has 0 amide bonds. The Morgan fingerprint density at radius 1 is 1.27 bits per heavy atom. The van der Waals surface area contributed by atoms with Gasteiger partial charge in [0.15, 0.2) is 0 Å². The molecular weight excluding hydrogens is 196 g/mol. The molecular formula is C11H7O4-. The van der Waals surface area contributed by atoms with Crippen molar-refractivity contribution in [2.75, 3.05) is 0 Å². The van der Waals surface area contributed by atoms with Crippen LogP contribution in [0.1, 0.15) is 10.4 Å². The molecule has 2 rings (SSSR count). The third kappa shape index (κ3) is 1.36. The molecule has 15 heavy (non-hydrogen) atoms. The first kappa shape index (κ1) is 9.33. The molecule has 2 aromatic carbocycles. The average Bonchev–Trinajstić information content (AvgIpc) is 2.23. The summed E-state index contributed by atoms with van der Waals surface area (Å²) in [7, 11) is 0. The van der Waals surface area contributed by atoms with Crippen LogP contribution in [0, 0.1) is 0 Å². The van der Waals surface area contributed by atoms with Gasteiger partial charge in [-0.2, -0.15) is 0 Å². The molecule has 0 unspecified atom stereocenters. The predicted molar refractivity (Wildman–Crippen MR) is 52.0 cm³/mol. The van der Waals surface area contributed by atoms with Crippen molar-refractivity contribution in [2.45, 2.75) is 0 Å². The van der Waals surface area contributed by atoms with Crippen LogP contribution in [-0.4, -0.2) is 16.2 Å². The Morgan fingerprint density at radius 2 is 1.93 bits per heavy atom. The van der Waals surface area contributed by atoms with Crippen LogP contribution >= 0.6 is 0 Å². The van der Waals surface area contributed by atoms with Crippen molar-refractivity contribution in [1.29, 1.82) is 0 Å². The van der Waals surface area contributed by atoms with Crippen LogP contribution in [0.3, 0.4) is 0 Å². The maximum absolute atomic E-state index is 11.4. The Kier molecular flexibility index (Phi) is 1.97. The SMILES string of the molecule is O=C(O)c1cc2ccccc2c(O)c1[O-]. The number of phenolic OH excluding ortho intramolecular Hbond substituents is 1. The van der Waals surface area contributed by atoms with Crippen molar-refractivity contribution >= 4 is 16.7 Å². The molecule has 0 aliphatic rings. The molecule has 0 aromatic heterocycles. The minimum absolute atomic E-state index is 0.368. The number of carbonyl (C=O) groups is 1. The van der Waals surface area contributed by atoms with Crippen LogP contribution in [0.25, 0.3) is 10.8 Å². The second kappa shape index (κ2) is 3.16. The maximum atomic E-state index is 11.4. The van der Waals surface area contributed by atoms with E-state index in [-0.39, 0.29) is 0 Å². The van der Waals surface area contributed by atoms with E-state index in [9.17, 15) is 15.0 Å². The molecule has 0 atom stereocenters. The molecule has 0 aliphatic carbocycles. The van der Waals surface area contributed by atoms with Gasteiger partial charge in [-0.1, -0.05) is 30.0 Å². The summed E-state index contributed by atoms with van der Waals surface area (Å²) in [5, 5.41) is 30.5. The van der Waals surface area contributed by atoms with Crippen molar-refractivity contribution in [3.8, 4) is 11.5 Å². The quantitative estimate of drug-likeness (QED) is 0.732. The molecule has 4 heteroatoms. The molecule has 0 aliphatic heterocycles. The lowest BCUT2D eigenvalue weighted by Crippen LogP contribution is -2.04. The number of benzene rings is 2. The Balaban J connectivity index is 2.88. The summed E-state index contributed by atoms with van der Waals surface area (Å²) in [4.78, 5) is 10.7. The van der Waals surface area contributed by atoms with Gasteiger partial charge in [-0.05, 0) is 11.5 Å². The second-order valence-corrected chi connectivity index (χ2v) is 3.13. The normalized spacial score (nSPS) is 10.4. The third-order valence-corrected chi connectivity index (χ3v) is 2.21. The fraction of sp³-hybridized carbons (Fsp3) is 0. The molecule has 0 radical (unpaired) electrons. The summed E-state index contributed by atoms with van der Waals surface area (Å²) in [5.74, 6) is -2.69. The average molecular weight is 203 g/mol. The standard InChI is InChI=1S/C11H8O4/c12-9-7-4-2-1-3-6(7)5-8(10(9)13)11(14)15/h1-5,12-13H,(H,14,15)/p-1. The molecule has 2 N–H and O–H groups in total. The van der Waals surface area contributed by atoms with E-state index in [2.05, 4.69) is 0 Å². The van der Waals surface area contributed by atoms with Crippen LogP contribution < -0.4 is 5.11 Å². The fourth-order valence-electron chi connectivity index (χ4n) is 1.47. The zero-order valence-corrected chi connectivity index (χ0v) is 7.60. The lowest BCUT2D eigenvalue weighted by molar-refractivity contribution is -0.270. The van der Waals surface area contributed by atoms with E-state index in [1.165, 1.54) is 6.07 Å². The van der Waals surface area contributed by atoms with Crippen molar-refractivity contribution < 1.29 is 20.1 Å². The first-order valence-corrected chi connectivity index (χ1v) is 4.26. The largest absolute Gasteiger partial charge is 0.869 e. The number of rotatable bonds is 1. The third-order valence-electron chi connectivity index (χ3n) is 2.21. The molecule has 0 saturated carbocycles. The summed E-state index contributed by atoms with van der Waals surface area (Å²) in [6.07, 6.45) is 0. The van der Waals surface area contributed by atoms with Crippen LogP contribution in [0.2, 0.25) is 0 Å². The van der Waals surface area contributed by atoms with Gasteiger partial charge < -0.3 is 15.3 Å². The number of fused-ring (bicyclic) bond motifs is 1. The summed E-state index contributed by atoms with van der Waals surface area (Å²) < 4.78 is 0. The number of phenols is 1. The number of hydrogen-bond donors (Lipinski definition) is 2. The van der Waals surface area contributed by atoms with E-state index in [0.29, 0.717) is 10.8 Å². The first-order valence-electron chi connectivity index (χ1n) is 4.26. The van der Waals surface area contributed by atoms with Gasteiger partial charge in [0.25, 0.3) is 0 Å². The van der Waals surface area contributed by atoms with Crippen LogP contribution in [-0.2, 0) is 0 Å². The minimum atomic E-state index is -1.33. The molecule has 0 fully saturated rings. The summed E-state index contributed by atoms with van der Waals surface area (Å²) in [6.45, 7) is 0. The highest BCUT2D eigenvalue weighted by molar-refractivity contribution is 6.00. The Bertz CT molecular complexity index is 546. The van der Waals surface area contributed by atoms with Gasteiger partial charge in [-0.15, -0.1) is 0 Å². The topological polar surface area (TPSA) is 80.6 Å². The highest BCUT2D eigenvalue weighted by Crippen LogP contribution is 2.34. The smallest absolute Gasteiger partial charge is 0.335 e. The summed E-state index contributed by atoms with van der Waals surface area (Å²) in [5.41, 5.74) is -0.411. The minimum Gasteiger partial charge on any atom is -0.869 e. The monoisotopic (exact) mass is 203 g/mol. The maximum Gasteiger partial charge on any atom is 0.335 e. The fourth-order valence-corrected chi connectivity index (χ4v) is 1.47. The van der Waals surface area contributed by atoms with Gasteiger partial charge in [0.05, 0.1) is 5.56 Å². The number of carboxylic acid groups (broad SMARTS) is 1. The number of aromatic carboxylic acids is 1. The van der Waals surface area contributed by atoms with Gasteiger partial charge >= 0.3 is 5.97 Å². The molecule has 2 aromatic rings. The van der Waals surface area contributed by atoms with E-state index in [0.717, 1.165) is 0 Å². The van der Waals surface area contributed by atoms with Crippen molar-refractivity contribution in [3.05, 3.63) is 35.9 Å². The van der Waals surface area contributed by atoms with E-state index in [4.69, 9.17) is 5.11 Å².